The number of piperazine rings is 1. The summed E-state index contributed by atoms with van der Waals surface area (Å²) >= 11 is 0. The van der Waals surface area contributed by atoms with Crippen LogP contribution in [0.25, 0.3) is 0 Å². The fourth-order valence-corrected chi connectivity index (χ4v) is 3.61. The summed E-state index contributed by atoms with van der Waals surface area (Å²) in [5.74, 6) is -2.79. The lowest BCUT2D eigenvalue weighted by Gasteiger charge is -2.45. The number of ketones is 1. The lowest BCUT2D eigenvalue weighted by Crippen LogP contribution is -2.67. The summed E-state index contributed by atoms with van der Waals surface area (Å²) in [6.07, 6.45) is -2.27. The van der Waals surface area contributed by atoms with Gasteiger partial charge in [0.25, 0.3) is 0 Å². The molecule has 0 bridgehead atoms. The summed E-state index contributed by atoms with van der Waals surface area (Å²) in [7, 11) is 0. The molecule has 0 unspecified atom stereocenters. The molecule has 2 N–H and O–H groups in total. The van der Waals surface area contributed by atoms with E-state index >= 15 is 0 Å². The number of halogens is 5. The maximum atomic E-state index is 13.0. The van der Waals surface area contributed by atoms with E-state index in [4.69, 9.17) is 4.74 Å². The Morgan fingerprint density at radius 3 is 2.49 bits per heavy atom. The van der Waals surface area contributed by atoms with Crippen molar-refractivity contribution in [3.05, 3.63) is 36.7 Å². The maximum absolute atomic E-state index is 13.0. The smallest absolute Gasteiger partial charge is 0.410 e. The average Bonchev–Trinajstić information content (AvgIpc) is 2.87. The second-order valence-corrected chi connectivity index (χ2v) is 8.81. The molecule has 2 rings (SSSR count). The van der Waals surface area contributed by atoms with Gasteiger partial charge < -0.3 is 20.1 Å². The number of carbonyl (C=O) groups excluding carboxylic acids is 4. The Kier molecular flexibility index (Phi) is 10.7. The van der Waals surface area contributed by atoms with Crippen molar-refractivity contribution in [2.75, 3.05) is 39.3 Å². The average molecular weight is 565 g/mol. The largest absolute Gasteiger partial charge is 0.445 e. The normalized spacial score (nSPS) is 16.4. The van der Waals surface area contributed by atoms with Crippen LogP contribution >= 0.6 is 0 Å². The molecule has 11 nitrogen and oxygen atoms in total. The molecule has 0 aromatic carbocycles. The molecule has 1 aromatic heterocycles. The minimum absolute atomic E-state index is 0.0392. The molecule has 0 saturated carbocycles. The number of hydrogen-bond acceptors (Lipinski definition) is 8. The van der Waals surface area contributed by atoms with Gasteiger partial charge in [-0.3, -0.25) is 29.2 Å². The topological polar surface area (TPSA) is 130 Å². The SMILES string of the molecule is C=CCOC(=O)N1CCN(C(C)(C)C(=O)NCC(=O)c2cncc(OC(F)F)c2)C[C@H]1C(=O)NCC(F)(F)F. The second kappa shape index (κ2) is 13.3. The minimum atomic E-state index is -4.69. The molecular weight excluding hydrogens is 537 g/mol. The van der Waals surface area contributed by atoms with Gasteiger partial charge in [0.15, 0.2) is 5.78 Å². The first kappa shape index (κ1) is 31.4. The van der Waals surface area contributed by atoms with E-state index in [-0.39, 0.29) is 37.6 Å². The van der Waals surface area contributed by atoms with Gasteiger partial charge in [0.2, 0.25) is 11.8 Å². The van der Waals surface area contributed by atoms with Gasteiger partial charge in [-0.25, -0.2) is 4.79 Å². The fourth-order valence-electron chi connectivity index (χ4n) is 3.61. The number of amides is 3. The number of nitrogens with zero attached hydrogens (tertiary/aromatic N) is 3. The molecule has 1 aromatic rings. The van der Waals surface area contributed by atoms with Crippen molar-refractivity contribution >= 4 is 23.7 Å². The molecule has 216 valence electrons. The van der Waals surface area contributed by atoms with E-state index in [2.05, 4.69) is 21.6 Å². The second-order valence-electron chi connectivity index (χ2n) is 8.81. The number of Topliss-reactive ketones (excluding diaryl/α,β-unsaturated/α-hetero) is 1. The summed E-state index contributed by atoms with van der Waals surface area (Å²) in [6, 6.07) is -0.385. The van der Waals surface area contributed by atoms with Crippen molar-refractivity contribution < 1.29 is 50.6 Å². The van der Waals surface area contributed by atoms with E-state index in [1.807, 2.05) is 0 Å². The molecule has 0 aliphatic carbocycles. The van der Waals surface area contributed by atoms with Gasteiger partial charge in [0, 0.05) is 31.4 Å². The zero-order chi connectivity index (χ0) is 29.4. The highest BCUT2D eigenvalue weighted by atomic mass is 19.4. The molecule has 1 aliphatic heterocycles. The number of hydrogen-bond donors (Lipinski definition) is 2. The molecule has 2 heterocycles. The number of nitrogens with one attached hydrogen (secondary N) is 2. The predicted molar refractivity (Wildman–Crippen MR) is 125 cm³/mol. The highest BCUT2D eigenvalue weighted by molar-refractivity contribution is 6.00. The van der Waals surface area contributed by atoms with Crippen molar-refractivity contribution in [3.63, 3.8) is 0 Å². The van der Waals surface area contributed by atoms with Crippen LogP contribution in [0.15, 0.2) is 31.1 Å². The fraction of sp³-hybridized carbons (Fsp3) is 0.522. The molecular formula is C23H28F5N5O6. The standard InChI is InChI=1S/C23H28F5N5O6/c1-4-7-38-21(37)33-6-5-32(12-16(33)18(35)31-13-23(26,27)28)22(2,3)19(36)30-11-17(34)14-8-15(10-29-9-14)39-20(24)25/h4,8-10,16,20H,1,5-7,11-13H2,2-3H3,(H,30,36)(H,31,35)/t16-/m0/s1. The molecule has 1 atom stereocenters. The summed E-state index contributed by atoms with van der Waals surface area (Å²) in [4.78, 5) is 56.6. The highest BCUT2D eigenvalue weighted by Crippen LogP contribution is 2.22. The van der Waals surface area contributed by atoms with Gasteiger partial charge >= 0.3 is 18.9 Å². The van der Waals surface area contributed by atoms with Crippen molar-refractivity contribution in [2.45, 2.75) is 38.2 Å². The minimum Gasteiger partial charge on any atom is -0.445 e. The Morgan fingerprint density at radius 2 is 1.87 bits per heavy atom. The van der Waals surface area contributed by atoms with E-state index < -0.39 is 61.1 Å². The third kappa shape index (κ3) is 9.15. The summed E-state index contributed by atoms with van der Waals surface area (Å²) in [5.41, 5.74) is -1.49. The Morgan fingerprint density at radius 1 is 1.18 bits per heavy atom. The molecule has 16 heteroatoms. The van der Waals surface area contributed by atoms with Gasteiger partial charge in [0.1, 0.15) is 24.9 Å². The Bertz CT molecular complexity index is 1070. The van der Waals surface area contributed by atoms with Crippen LogP contribution in [0, 0.1) is 0 Å². The summed E-state index contributed by atoms with van der Waals surface area (Å²) in [6.45, 7) is 0.411. The Labute approximate surface area is 220 Å². The lowest BCUT2D eigenvalue weighted by atomic mass is 9.97. The van der Waals surface area contributed by atoms with Crippen LogP contribution in [0.2, 0.25) is 0 Å². The van der Waals surface area contributed by atoms with Crippen molar-refractivity contribution in [3.8, 4) is 5.75 Å². The van der Waals surface area contributed by atoms with E-state index in [0.717, 1.165) is 23.4 Å². The lowest BCUT2D eigenvalue weighted by molar-refractivity contribution is -0.145. The first-order chi connectivity index (χ1) is 18.2. The maximum Gasteiger partial charge on any atom is 0.410 e. The zero-order valence-corrected chi connectivity index (χ0v) is 21.1. The highest BCUT2D eigenvalue weighted by Gasteiger charge is 2.44. The Balaban J connectivity index is 2.11. The molecule has 3 amide bonds. The molecule has 1 saturated heterocycles. The molecule has 1 aliphatic rings. The van der Waals surface area contributed by atoms with E-state index in [1.165, 1.54) is 24.8 Å². The predicted octanol–water partition coefficient (Wildman–Crippen LogP) is 1.75. The van der Waals surface area contributed by atoms with Crippen LogP contribution in [0.3, 0.4) is 0 Å². The summed E-state index contributed by atoms with van der Waals surface area (Å²) in [5, 5.41) is 4.16. The third-order valence-electron chi connectivity index (χ3n) is 5.72. The van der Waals surface area contributed by atoms with Crippen LogP contribution in [-0.2, 0) is 14.3 Å². The summed E-state index contributed by atoms with van der Waals surface area (Å²) < 4.78 is 71.9. The number of aromatic nitrogens is 1. The van der Waals surface area contributed by atoms with Crippen molar-refractivity contribution in [1.82, 2.24) is 25.4 Å². The van der Waals surface area contributed by atoms with E-state index in [0.29, 0.717) is 0 Å². The number of pyridine rings is 1. The first-order valence-electron chi connectivity index (χ1n) is 11.5. The molecule has 39 heavy (non-hydrogen) atoms. The molecule has 1 fully saturated rings. The van der Waals surface area contributed by atoms with Crippen LogP contribution < -0.4 is 15.4 Å². The van der Waals surface area contributed by atoms with Crippen LogP contribution in [0.5, 0.6) is 5.75 Å². The third-order valence-corrected chi connectivity index (χ3v) is 5.72. The monoisotopic (exact) mass is 565 g/mol. The number of ether oxygens (including phenoxy) is 2. The quantitative estimate of drug-likeness (QED) is 0.236. The van der Waals surface area contributed by atoms with Gasteiger partial charge in [0.05, 0.1) is 18.3 Å². The number of carbonyl (C=O) groups is 4. The Hall–Kier alpha value is -3.82. The molecule has 0 spiro atoms. The number of alkyl halides is 5. The van der Waals surface area contributed by atoms with Crippen molar-refractivity contribution in [1.29, 1.82) is 0 Å². The molecule has 0 radical (unpaired) electrons. The van der Waals surface area contributed by atoms with E-state index in [9.17, 15) is 41.1 Å². The van der Waals surface area contributed by atoms with Crippen LogP contribution in [0.1, 0.15) is 24.2 Å². The van der Waals surface area contributed by atoms with Gasteiger partial charge in [-0.15, -0.1) is 0 Å². The zero-order valence-electron chi connectivity index (χ0n) is 21.1. The van der Waals surface area contributed by atoms with Gasteiger partial charge in [-0.2, -0.15) is 22.0 Å². The van der Waals surface area contributed by atoms with Gasteiger partial charge in [-0.05, 0) is 19.9 Å². The van der Waals surface area contributed by atoms with Crippen LogP contribution in [0.4, 0.5) is 26.7 Å². The van der Waals surface area contributed by atoms with E-state index in [1.54, 1.807) is 5.32 Å². The first-order valence-corrected chi connectivity index (χ1v) is 11.5. The number of rotatable bonds is 11. The van der Waals surface area contributed by atoms with Gasteiger partial charge in [-0.1, -0.05) is 12.7 Å². The van der Waals surface area contributed by atoms with Crippen LogP contribution in [-0.4, -0.2) is 102 Å². The van der Waals surface area contributed by atoms with Crippen molar-refractivity contribution in [2.24, 2.45) is 0 Å².